The van der Waals surface area contributed by atoms with Crippen LogP contribution in [0.1, 0.15) is 11.1 Å². The van der Waals surface area contributed by atoms with E-state index in [0.29, 0.717) is 16.8 Å². The molecule has 11 heteroatoms. The first-order chi connectivity index (χ1) is 10.9. The number of alkyl halides is 6. The third kappa shape index (κ3) is 3.44. The molecule has 1 heterocycles. The van der Waals surface area contributed by atoms with Crippen molar-refractivity contribution in [3.05, 3.63) is 35.4 Å². The zero-order valence-electron chi connectivity index (χ0n) is 11.7. The molecule has 0 saturated carbocycles. The van der Waals surface area contributed by atoms with Gasteiger partial charge in [0.15, 0.2) is 0 Å². The highest BCUT2D eigenvalue weighted by Crippen LogP contribution is 2.43. The van der Waals surface area contributed by atoms with Gasteiger partial charge in [-0.15, -0.1) is 0 Å². The lowest BCUT2D eigenvalue weighted by Gasteiger charge is -2.10. The van der Waals surface area contributed by atoms with E-state index in [4.69, 9.17) is 5.11 Å². The molecule has 130 valence electrons. The van der Waals surface area contributed by atoms with Crippen LogP contribution < -0.4 is 4.74 Å². The van der Waals surface area contributed by atoms with Gasteiger partial charge in [0.2, 0.25) is 5.88 Å². The lowest BCUT2D eigenvalue weighted by atomic mass is 10.1. The fourth-order valence-electron chi connectivity index (χ4n) is 1.98. The first kappa shape index (κ1) is 17.6. The van der Waals surface area contributed by atoms with Crippen LogP contribution in [0.25, 0.3) is 11.3 Å². The number of benzene rings is 1. The molecule has 0 bridgehead atoms. The molecule has 0 amide bonds. The van der Waals surface area contributed by atoms with Crippen LogP contribution in [-0.4, -0.2) is 21.0 Å². The maximum absolute atomic E-state index is 13.2. The van der Waals surface area contributed by atoms with Crippen LogP contribution >= 0.6 is 0 Å². The average Bonchev–Trinajstić information content (AvgIpc) is 2.74. The number of aryl methyl sites for hydroxylation is 1. The molecule has 0 spiro atoms. The van der Waals surface area contributed by atoms with Crippen molar-refractivity contribution in [2.75, 3.05) is 0 Å². The zero-order valence-corrected chi connectivity index (χ0v) is 11.7. The van der Waals surface area contributed by atoms with E-state index in [2.05, 4.69) is 9.84 Å². The van der Waals surface area contributed by atoms with Crippen molar-refractivity contribution in [2.24, 2.45) is 7.05 Å². The van der Waals surface area contributed by atoms with Gasteiger partial charge in [-0.3, -0.25) is 0 Å². The molecule has 0 unspecified atom stereocenters. The molecule has 1 aromatic heterocycles. The Balaban J connectivity index is 2.60. The molecular weight excluding hydrogens is 346 g/mol. The molecule has 2 rings (SSSR count). The SMILES string of the molecule is Cn1nc(-c2ccc(C(F)(F)F)cc2)c(C(F)(F)F)c1OC(=O)O. The van der Waals surface area contributed by atoms with Crippen LogP contribution in [0, 0.1) is 0 Å². The molecule has 0 radical (unpaired) electrons. The van der Waals surface area contributed by atoms with Gasteiger partial charge in [0.05, 0.1) is 5.56 Å². The van der Waals surface area contributed by atoms with Crippen LogP contribution in [0.5, 0.6) is 5.88 Å². The fourth-order valence-corrected chi connectivity index (χ4v) is 1.98. The lowest BCUT2D eigenvalue weighted by Crippen LogP contribution is -2.13. The quantitative estimate of drug-likeness (QED) is 0.649. The Hall–Kier alpha value is -2.72. The third-order valence-corrected chi connectivity index (χ3v) is 2.95. The molecule has 1 N–H and O–H groups in total. The molecule has 0 aliphatic rings. The number of hydrogen-bond donors (Lipinski definition) is 1. The molecule has 0 saturated heterocycles. The summed E-state index contributed by atoms with van der Waals surface area (Å²) in [5, 5.41) is 12.1. The highest BCUT2D eigenvalue weighted by Gasteiger charge is 2.42. The molecule has 1 aromatic carbocycles. The predicted octanol–water partition coefficient (Wildman–Crippen LogP) is 4.18. The number of carboxylic acid groups (broad SMARTS) is 1. The van der Waals surface area contributed by atoms with Crippen molar-refractivity contribution < 1.29 is 41.0 Å². The first-order valence-electron chi connectivity index (χ1n) is 6.14. The second-order valence-electron chi connectivity index (χ2n) is 4.59. The number of hydrogen-bond acceptors (Lipinski definition) is 3. The van der Waals surface area contributed by atoms with E-state index >= 15 is 0 Å². The minimum Gasteiger partial charge on any atom is -0.449 e. The second kappa shape index (κ2) is 5.73. The predicted molar refractivity (Wildman–Crippen MR) is 67.3 cm³/mol. The Morgan fingerprint density at radius 2 is 1.62 bits per heavy atom. The zero-order chi connectivity index (χ0) is 18.3. The van der Waals surface area contributed by atoms with Gasteiger partial charge in [0, 0.05) is 12.6 Å². The Labute approximate surface area is 130 Å². The highest BCUT2D eigenvalue weighted by molar-refractivity contribution is 5.69. The summed E-state index contributed by atoms with van der Waals surface area (Å²) in [5.74, 6) is -1.08. The van der Waals surface area contributed by atoms with Gasteiger partial charge in [-0.2, -0.15) is 31.4 Å². The Bertz CT molecular complexity index is 762. The minimum atomic E-state index is -5.03. The summed E-state index contributed by atoms with van der Waals surface area (Å²) in [6.45, 7) is 0. The van der Waals surface area contributed by atoms with Crippen LogP contribution in [0.4, 0.5) is 31.1 Å². The summed E-state index contributed by atoms with van der Waals surface area (Å²) in [6, 6.07) is 2.82. The van der Waals surface area contributed by atoms with E-state index in [1.807, 2.05) is 0 Å². The molecule has 0 atom stereocenters. The fraction of sp³-hybridized carbons (Fsp3) is 0.231. The molecular formula is C13H8F6N2O3. The lowest BCUT2D eigenvalue weighted by molar-refractivity contribution is -0.139. The van der Waals surface area contributed by atoms with Gasteiger partial charge in [-0.05, 0) is 12.1 Å². The van der Waals surface area contributed by atoms with Gasteiger partial charge < -0.3 is 9.84 Å². The van der Waals surface area contributed by atoms with Crippen molar-refractivity contribution in [3.8, 4) is 17.1 Å². The van der Waals surface area contributed by atoms with E-state index in [-0.39, 0.29) is 5.56 Å². The number of halogens is 6. The third-order valence-electron chi connectivity index (χ3n) is 2.95. The van der Waals surface area contributed by atoms with Crippen LogP contribution in [0.15, 0.2) is 24.3 Å². The number of carbonyl (C=O) groups is 1. The van der Waals surface area contributed by atoms with E-state index in [1.54, 1.807) is 0 Å². The van der Waals surface area contributed by atoms with Gasteiger partial charge in [0.1, 0.15) is 11.3 Å². The van der Waals surface area contributed by atoms with E-state index < -0.39 is 41.2 Å². The molecule has 2 aromatic rings. The number of aromatic nitrogens is 2. The number of nitrogens with zero attached hydrogens (tertiary/aromatic N) is 2. The Kier molecular flexibility index (Phi) is 4.21. The van der Waals surface area contributed by atoms with Crippen molar-refractivity contribution in [2.45, 2.75) is 12.4 Å². The van der Waals surface area contributed by atoms with Gasteiger partial charge >= 0.3 is 18.5 Å². The van der Waals surface area contributed by atoms with Crippen molar-refractivity contribution in [3.63, 3.8) is 0 Å². The van der Waals surface area contributed by atoms with Crippen molar-refractivity contribution in [1.82, 2.24) is 9.78 Å². The first-order valence-corrected chi connectivity index (χ1v) is 6.14. The summed E-state index contributed by atoms with van der Waals surface area (Å²) in [7, 11) is 1.01. The maximum Gasteiger partial charge on any atom is 0.512 e. The van der Waals surface area contributed by atoms with Crippen LogP contribution in [0.2, 0.25) is 0 Å². The topological polar surface area (TPSA) is 64.4 Å². The molecule has 24 heavy (non-hydrogen) atoms. The summed E-state index contributed by atoms with van der Waals surface area (Å²) in [6.07, 6.45) is -11.7. The normalized spacial score (nSPS) is 12.3. The van der Waals surface area contributed by atoms with E-state index in [9.17, 15) is 31.1 Å². The molecule has 0 aliphatic heterocycles. The minimum absolute atomic E-state index is 0.272. The largest absolute Gasteiger partial charge is 0.512 e. The standard InChI is InChI=1S/C13H8F6N2O3/c1-21-10(24-11(22)23)8(13(17,18)19)9(20-21)6-2-4-7(5-3-6)12(14,15)16/h2-5H,1H3,(H,22,23). The Morgan fingerprint density at radius 1 is 1.08 bits per heavy atom. The van der Waals surface area contributed by atoms with Gasteiger partial charge in [0.25, 0.3) is 0 Å². The smallest absolute Gasteiger partial charge is 0.449 e. The van der Waals surface area contributed by atoms with Crippen LogP contribution in [-0.2, 0) is 19.4 Å². The number of ether oxygens (including phenoxy) is 1. The van der Waals surface area contributed by atoms with E-state index in [1.165, 1.54) is 0 Å². The highest BCUT2D eigenvalue weighted by atomic mass is 19.4. The maximum atomic E-state index is 13.2. The summed E-state index contributed by atoms with van der Waals surface area (Å²) < 4.78 is 81.9. The monoisotopic (exact) mass is 354 g/mol. The average molecular weight is 354 g/mol. The Morgan fingerprint density at radius 3 is 2.04 bits per heavy atom. The molecule has 5 nitrogen and oxygen atoms in total. The van der Waals surface area contributed by atoms with Gasteiger partial charge in [-0.1, -0.05) is 12.1 Å². The van der Waals surface area contributed by atoms with Gasteiger partial charge in [-0.25, -0.2) is 9.48 Å². The summed E-state index contributed by atoms with van der Waals surface area (Å²) in [4.78, 5) is 10.5. The summed E-state index contributed by atoms with van der Waals surface area (Å²) in [5.41, 5.74) is -3.55. The van der Waals surface area contributed by atoms with Crippen molar-refractivity contribution in [1.29, 1.82) is 0 Å². The number of rotatable bonds is 2. The van der Waals surface area contributed by atoms with E-state index in [0.717, 1.165) is 19.2 Å². The van der Waals surface area contributed by atoms with Crippen molar-refractivity contribution >= 4 is 6.16 Å². The van der Waals surface area contributed by atoms with Crippen LogP contribution in [0.3, 0.4) is 0 Å². The second-order valence-corrected chi connectivity index (χ2v) is 4.59. The molecule has 0 aliphatic carbocycles. The summed E-state index contributed by atoms with van der Waals surface area (Å²) >= 11 is 0. The molecule has 0 fully saturated rings.